The van der Waals surface area contributed by atoms with Crippen LogP contribution in [-0.2, 0) is 0 Å². The molecule has 0 saturated heterocycles. The zero-order valence-corrected chi connectivity index (χ0v) is 9.81. The van der Waals surface area contributed by atoms with Gasteiger partial charge in [-0.25, -0.2) is 0 Å². The molecule has 0 aromatic heterocycles. The van der Waals surface area contributed by atoms with E-state index in [9.17, 15) is 0 Å². The van der Waals surface area contributed by atoms with Crippen molar-refractivity contribution in [2.24, 2.45) is 11.8 Å². The van der Waals surface area contributed by atoms with E-state index in [2.05, 4.69) is 26.2 Å². The van der Waals surface area contributed by atoms with Crippen LogP contribution in [0.2, 0.25) is 0 Å². The first-order valence-corrected chi connectivity index (χ1v) is 6.14. The van der Waals surface area contributed by atoms with Gasteiger partial charge in [0, 0.05) is 0 Å². The molecule has 80 valence electrons. The number of hydrogen-bond acceptors (Lipinski definition) is 0. The molecule has 0 amide bonds. The number of hydrogen-bond donors (Lipinski definition) is 0. The molecular formula is C14H24. The zero-order valence-electron chi connectivity index (χ0n) is 9.81. The molecule has 0 aromatic carbocycles. The van der Waals surface area contributed by atoms with Crippen molar-refractivity contribution in [2.45, 2.75) is 58.8 Å². The molecule has 0 radical (unpaired) electrons. The van der Waals surface area contributed by atoms with E-state index in [-0.39, 0.29) is 0 Å². The van der Waals surface area contributed by atoms with Crippen LogP contribution in [0.25, 0.3) is 0 Å². The summed E-state index contributed by atoms with van der Waals surface area (Å²) in [7, 11) is 0. The summed E-state index contributed by atoms with van der Waals surface area (Å²) in [5.74, 6) is 1.76. The molecule has 1 unspecified atom stereocenters. The lowest BCUT2D eigenvalue weighted by atomic mass is 9.86. The van der Waals surface area contributed by atoms with Crippen LogP contribution in [0.1, 0.15) is 58.8 Å². The van der Waals surface area contributed by atoms with Gasteiger partial charge in [0.2, 0.25) is 0 Å². The van der Waals surface area contributed by atoms with E-state index >= 15 is 0 Å². The van der Waals surface area contributed by atoms with E-state index in [1.165, 1.54) is 50.5 Å². The Morgan fingerprint density at radius 3 is 2.57 bits per heavy atom. The first-order valence-electron chi connectivity index (χ1n) is 6.14. The normalized spacial score (nSPS) is 19.3. The lowest BCUT2D eigenvalue weighted by molar-refractivity contribution is 0.393. The van der Waals surface area contributed by atoms with Gasteiger partial charge in [-0.05, 0) is 37.2 Å². The summed E-state index contributed by atoms with van der Waals surface area (Å²) < 4.78 is 0. The largest absolute Gasteiger partial charge is 0.130 e. The fraction of sp³-hybridized carbons (Fsp3) is 0.786. The first-order chi connectivity index (χ1) is 6.77. The molecular weight excluding hydrogens is 168 g/mol. The van der Waals surface area contributed by atoms with Crippen LogP contribution >= 0.6 is 0 Å². The van der Waals surface area contributed by atoms with Crippen LogP contribution < -0.4 is 0 Å². The van der Waals surface area contributed by atoms with Gasteiger partial charge in [0.15, 0.2) is 0 Å². The highest BCUT2D eigenvalue weighted by Gasteiger charge is 2.20. The van der Waals surface area contributed by atoms with Crippen molar-refractivity contribution in [3.63, 3.8) is 0 Å². The molecule has 1 rings (SSSR count). The molecule has 0 bridgehead atoms. The molecule has 1 atom stereocenters. The van der Waals surface area contributed by atoms with Gasteiger partial charge in [0.05, 0.1) is 0 Å². The molecule has 0 N–H and O–H groups in total. The van der Waals surface area contributed by atoms with Gasteiger partial charge in [0.1, 0.15) is 0 Å². The fourth-order valence-corrected chi connectivity index (χ4v) is 2.65. The van der Waals surface area contributed by atoms with Gasteiger partial charge in [-0.1, -0.05) is 45.6 Å². The zero-order chi connectivity index (χ0) is 10.4. The Morgan fingerprint density at radius 2 is 2.07 bits per heavy atom. The molecule has 1 aliphatic rings. The van der Waals surface area contributed by atoms with E-state index in [1.54, 1.807) is 0 Å². The molecule has 1 aliphatic carbocycles. The van der Waals surface area contributed by atoms with Crippen molar-refractivity contribution < 1.29 is 0 Å². The Balaban J connectivity index is 2.45. The van der Waals surface area contributed by atoms with Gasteiger partial charge >= 0.3 is 0 Å². The third kappa shape index (κ3) is 3.35. The Bertz CT molecular complexity index is 202. The topological polar surface area (TPSA) is 0 Å². The van der Waals surface area contributed by atoms with Gasteiger partial charge in [-0.15, -0.1) is 5.73 Å². The highest BCUT2D eigenvalue weighted by atomic mass is 14.3. The smallest absolute Gasteiger partial charge is 0.0128 e. The predicted molar refractivity (Wildman–Crippen MR) is 63.3 cm³/mol. The summed E-state index contributed by atoms with van der Waals surface area (Å²) in [6.07, 6.45) is 9.85. The molecule has 0 heteroatoms. The van der Waals surface area contributed by atoms with Crippen LogP contribution in [0.15, 0.2) is 17.9 Å². The molecule has 14 heavy (non-hydrogen) atoms. The maximum Gasteiger partial charge on any atom is -0.0128 e. The van der Waals surface area contributed by atoms with E-state index in [4.69, 9.17) is 0 Å². The second-order valence-corrected chi connectivity index (χ2v) is 4.73. The van der Waals surface area contributed by atoms with Gasteiger partial charge in [-0.2, -0.15) is 0 Å². The molecule has 0 nitrogen and oxygen atoms in total. The SMILES string of the molecule is C=C=C(C)C(CCC)CC1CCCC1. The second kappa shape index (κ2) is 6.09. The second-order valence-electron chi connectivity index (χ2n) is 4.73. The van der Waals surface area contributed by atoms with E-state index in [0.717, 1.165) is 11.8 Å². The van der Waals surface area contributed by atoms with Gasteiger partial charge in [0.25, 0.3) is 0 Å². The Labute approximate surface area is 89.1 Å². The average Bonchev–Trinajstić information content (AvgIpc) is 2.68. The minimum Gasteiger partial charge on any atom is -0.130 e. The monoisotopic (exact) mass is 192 g/mol. The van der Waals surface area contributed by atoms with Crippen LogP contribution in [0.3, 0.4) is 0 Å². The van der Waals surface area contributed by atoms with Gasteiger partial charge < -0.3 is 0 Å². The Morgan fingerprint density at radius 1 is 1.43 bits per heavy atom. The standard InChI is InChI=1S/C14H24/c1-4-8-14(12(3)5-2)11-13-9-6-7-10-13/h13-14H,2,4,6-11H2,1,3H3. The number of rotatable bonds is 5. The summed E-state index contributed by atoms with van der Waals surface area (Å²) in [5, 5.41) is 0. The minimum absolute atomic E-state index is 0.764. The molecule has 0 aliphatic heterocycles. The van der Waals surface area contributed by atoms with Crippen molar-refractivity contribution in [1.82, 2.24) is 0 Å². The Kier molecular flexibility index (Phi) is 5.04. The maximum absolute atomic E-state index is 3.78. The van der Waals surface area contributed by atoms with E-state index < -0.39 is 0 Å². The Hall–Kier alpha value is -0.480. The summed E-state index contributed by atoms with van der Waals surface area (Å²) in [5.41, 5.74) is 4.48. The van der Waals surface area contributed by atoms with Crippen molar-refractivity contribution in [3.05, 3.63) is 17.9 Å². The molecule has 0 spiro atoms. The molecule has 1 fully saturated rings. The van der Waals surface area contributed by atoms with Gasteiger partial charge in [-0.3, -0.25) is 0 Å². The third-order valence-electron chi connectivity index (χ3n) is 3.62. The molecule has 1 saturated carbocycles. The average molecular weight is 192 g/mol. The number of allylic oxidation sites excluding steroid dienone is 1. The summed E-state index contributed by atoms with van der Waals surface area (Å²) >= 11 is 0. The van der Waals surface area contributed by atoms with E-state index in [1.807, 2.05) is 0 Å². The minimum atomic E-state index is 0.764. The summed E-state index contributed by atoms with van der Waals surface area (Å²) in [4.78, 5) is 0. The lowest BCUT2D eigenvalue weighted by Gasteiger charge is -2.19. The first kappa shape index (κ1) is 11.6. The van der Waals surface area contributed by atoms with Crippen molar-refractivity contribution in [1.29, 1.82) is 0 Å². The predicted octanol–water partition coefficient (Wildman–Crippen LogP) is 4.71. The van der Waals surface area contributed by atoms with E-state index in [0.29, 0.717) is 0 Å². The fourth-order valence-electron chi connectivity index (χ4n) is 2.65. The third-order valence-corrected chi connectivity index (χ3v) is 3.62. The quantitative estimate of drug-likeness (QED) is 0.553. The highest BCUT2D eigenvalue weighted by Crippen LogP contribution is 2.34. The van der Waals surface area contributed by atoms with Crippen molar-refractivity contribution >= 4 is 0 Å². The van der Waals surface area contributed by atoms with Crippen LogP contribution in [0, 0.1) is 11.8 Å². The molecule has 0 heterocycles. The summed E-state index contributed by atoms with van der Waals surface area (Å²) in [6.45, 7) is 8.25. The summed E-state index contributed by atoms with van der Waals surface area (Å²) in [6, 6.07) is 0. The van der Waals surface area contributed by atoms with Crippen LogP contribution in [0.4, 0.5) is 0 Å². The van der Waals surface area contributed by atoms with Crippen LogP contribution in [-0.4, -0.2) is 0 Å². The lowest BCUT2D eigenvalue weighted by Crippen LogP contribution is -2.07. The van der Waals surface area contributed by atoms with Crippen LogP contribution in [0.5, 0.6) is 0 Å². The molecule has 0 aromatic rings. The maximum atomic E-state index is 3.78. The van der Waals surface area contributed by atoms with Crippen molar-refractivity contribution in [2.75, 3.05) is 0 Å². The van der Waals surface area contributed by atoms with Crippen molar-refractivity contribution in [3.8, 4) is 0 Å². The highest BCUT2D eigenvalue weighted by molar-refractivity contribution is 5.01.